The van der Waals surface area contributed by atoms with Gasteiger partial charge in [0.1, 0.15) is 5.82 Å². The molecule has 0 spiro atoms. The molecule has 0 saturated carbocycles. The summed E-state index contributed by atoms with van der Waals surface area (Å²) in [5, 5.41) is -0.172. The number of benzene rings is 1. The van der Waals surface area contributed by atoms with Crippen LogP contribution in [-0.2, 0) is 14.8 Å². The molecule has 2 saturated heterocycles. The Labute approximate surface area is 141 Å². The number of rotatable bonds is 3. The lowest BCUT2D eigenvalue weighted by molar-refractivity contribution is 0.00610. The Hall–Kier alpha value is -0.730. The number of halogens is 2. The van der Waals surface area contributed by atoms with Gasteiger partial charge in [-0.1, -0.05) is 11.6 Å². The number of piperidine rings is 1. The van der Waals surface area contributed by atoms with Gasteiger partial charge in [-0.3, -0.25) is 4.90 Å². The molecule has 1 aromatic rings. The molecule has 0 amide bonds. The van der Waals surface area contributed by atoms with Crippen LogP contribution in [0.4, 0.5) is 4.39 Å². The molecule has 8 heteroatoms. The van der Waals surface area contributed by atoms with E-state index in [1.165, 1.54) is 16.4 Å². The lowest BCUT2D eigenvalue weighted by Gasteiger charge is -2.39. The standard InChI is InChI=1S/C15H20ClFN2O3S/c16-14-11-13(1-2-15(14)17)23(20,21)19-5-3-12(4-6-19)18-7-9-22-10-8-18/h1-2,11-12H,3-10H2. The predicted molar refractivity (Wildman–Crippen MR) is 85.6 cm³/mol. The van der Waals surface area contributed by atoms with Crippen LogP contribution in [0.5, 0.6) is 0 Å². The summed E-state index contributed by atoms with van der Waals surface area (Å²) in [6.45, 7) is 4.24. The topological polar surface area (TPSA) is 49.9 Å². The number of ether oxygens (including phenoxy) is 1. The first kappa shape index (κ1) is 17.1. The largest absolute Gasteiger partial charge is 0.379 e. The minimum atomic E-state index is -3.62. The summed E-state index contributed by atoms with van der Waals surface area (Å²) >= 11 is 5.71. The summed E-state index contributed by atoms with van der Waals surface area (Å²) in [5.74, 6) is -0.614. The number of hydrogen-bond donors (Lipinski definition) is 0. The zero-order valence-electron chi connectivity index (χ0n) is 12.7. The maximum absolute atomic E-state index is 13.2. The van der Waals surface area contributed by atoms with Gasteiger partial charge in [0.15, 0.2) is 0 Å². The molecule has 3 rings (SSSR count). The van der Waals surface area contributed by atoms with Gasteiger partial charge < -0.3 is 4.74 Å². The Bertz CT molecular complexity index is 657. The Kier molecular flexibility index (Phi) is 5.22. The highest BCUT2D eigenvalue weighted by Crippen LogP contribution is 2.26. The molecular weight excluding hydrogens is 343 g/mol. The van der Waals surface area contributed by atoms with Crippen LogP contribution in [0.2, 0.25) is 5.02 Å². The van der Waals surface area contributed by atoms with Gasteiger partial charge >= 0.3 is 0 Å². The van der Waals surface area contributed by atoms with E-state index in [4.69, 9.17) is 16.3 Å². The van der Waals surface area contributed by atoms with Crippen LogP contribution in [0.1, 0.15) is 12.8 Å². The first-order valence-corrected chi connectivity index (χ1v) is 9.57. The Balaban J connectivity index is 1.67. The summed E-state index contributed by atoms with van der Waals surface area (Å²) in [6.07, 6.45) is 1.60. The predicted octanol–water partition coefficient (Wildman–Crippen LogP) is 1.96. The molecule has 2 aliphatic heterocycles. The van der Waals surface area contributed by atoms with E-state index >= 15 is 0 Å². The Morgan fingerprint density at radius 1 is 1.13 bits per heavy atom. The van der Waals surface area contributed by atoms with Crippen molar-refractivity contribution in [2.75, 3.05) is 39.4 Å². The summed E-state index contributed by atoms with van der Waals surface area (Å²) in [6, 6.07) is 3.95. The zero-order chi connectivity index (χ0) is 16.4. The molecule has 0 aliphatic carbocycles. The first-order valence-electron chi connectivity index (χ1n) is 7.75. The minimum absolute atomic E-state index is 0.0497. The number of sulfonamides is 1. The van der Waals surface area contributed by atoms with Crippen molar-refractivity contribution in [1.29, 1.82) is 0 Å². The molecule has 0 N–H and O–H groups in total. The van der Waals surface area contributed by atoms with Gasteiger partial charge in [-0.05, 0) is 31.0 Å². The summed E-state index contributed by atoms with van der Waals surface area (Å²) < 4.78 is 45.3. The molecule has 2 fully saturated rings. The second kappa shape index (κ2) is 7.03. The molecule has 0 radical (unpaired) electrons. The van der Waals surface area contributed by atoms with Crippen LogP contribution < -0.4 is 0 Å². The fraction of sp³-hybridized carbons (Fsp3) is 0.600. The molecule has 128 valence electrons. The Morgan fingerprint density at radius 3 is 2.39 bits per heavy atom. The van der Waals surface area contributed by atoms with Crippen molar-refractivity contribution < 1.29 is 17.5 Å². The molecule has 5 nitrogen and oxygen atoms in total. The zero-order valence-corrected chi connectivity index (χ0v) is 14.3. The average molecular weight is 363 g/mol. The van der Waals surface area contributed by atoms with Gasteiger partial charge in [-0.15, -0.1) is 0 Å². The maximum Gasteiger partial charge on any atom is 0.243 e. The third-order valence-corrected chi connectivity index (χ3v) is 6.70. The van der Waals surface area contributed by atoms with Crippen LogP contribution in [0, 0.1) is 5.82 Å². The van der Waals surface area contributed by atoms with E-state index in [0.29, 0.717) is 19.1 Å². The SMILES string of the molecule is O=S(=O)(c1ccc(F)c(Cl)c1)N1CCC(N2CCOCC2)CC1. The van der Waals surface area contributed by atoms with Gasteiger partial charge in [0.25, 0.3) is 0 Å². The molecule has 1 aromatic carbocycles. The van der Waals surface area contributed by atoms with Crippen molar-refractivity contribution in [3.63, 3.8) is 0 Å². The highest BCUT2D eigenvalue weighted by Gasteiger charge is 2.32. The van der Waals surface area contributed by atoms with Gasteiger partial charge in [0.05, 0.1) is 23.1 Å². The van der Waals surface area contributed by atoms with Crippen molar-refractivity contribution >= 4 is 21.6 Å². The van der Waals surface area contributed by atoms with Crippen molar-refractivity contribution in [3.05, 3.63) is 29.0 Å². The molecule has 0 aromatic heterocycles. The summed E-state index contributed by atoms with van der Waals surface area (Å²) in [4.78, 5) is 2.43. The van der Waals surface area contributed by atoms with E-state index in [9.17, 15) is 12.8 Å². The fourth-order valence-electron chi connectivity index (χ4n) is 3.18. The monoisotopic (exact) mass is 362 g/mol. The molecule has 0 unspecified atom stereocenters. The van der Waals surface area contributed by atoms with Crippen LogP contribution in [-0.4, -0.2) is 63.1 Å². The van der Waals surface area contributed by atoms with Crippen molar-refractivity contribution in [1.82, 2.24) is 9.21 Å². The van der Waals surface area contributed by atoms with Crippen LogP contribution in [0.25, 0.3) is 0 Å². The van der Waals surface area contributed by atoms with E-state index in [2.05, 4.69) is 4.90 Å². The van der Waals surface area contributed by atoms with E-state index < -0.39 is 15.8 Å². The van der Waals surface area contributed by atoms with Crippen LogP contribution in [0.3, 0.4) is 0 Å². The highest BCUT2D eigenvalue weighted by atomic mass is 35.5. The minimum Gasteiger partial charge on any atom is -0.379 e. The van der Waals surface area contributed by atoms with Gasteiger partial charge in [-0.25, -0.2) is 12.8 Å². The highest BCUT2D eigenvalue weighted by molar-refractivity contribution is 7.89. The van der Waals surface area contributed by atoms with E-state index in [1.54, 1.807) is 0 Å². The maximum atomic E-state index is 13.2. The summed E-state index contributed by atoms with van der Waals surface area (Å²) in [7, 11) is -3.62. The van der Waals surface area contributed by atoms with Crippen molar-refractivity contribution in [2.24, 2.45) is 0 Å². The number of hydrogen-bond acceptors (Lipinski definition) is 4. The van der Waals surface area contributed by atoms with Crippen molar-refractivity contribution in [2.45, 2.75) is 23.8 Å². The quantitative estimate of drug-likeness (QED) is 0.824. The average Bonchev–Trinajstić information content (AvgIpc) is 2.58. The smallest absolute Gasteiger partial charge is 0.243 e. The lowest BCUT2D eigenvalue weighted by atomic mass is 10.0. The second-order valence-corrected chi connectivity index (χ2v) is 8.20. The van der Waals surface area contributed by atoms with E-state index in [0.717, 1.165) is 45.2 Å². The van der Waals surface area contributed by atoms with Crippen LogP contribution in [0.15, 0.2) is 23.1 Å². The van der Waals surface area contributed by atoms with Gasteiger partial charge in [0.2, 0.25) is 10.0 Å². The molecule has 0 bridgehead atoms. The van der Waals surface area contributed by atoms with Crippen LogP contribution >= 0.6 is 11.6 Å². The number of morpholine rings is 1. The first-order chi connectivity index (χ1) is 11.0. The van der Waals surface area contributed by atoms with Gasteiger partial charge in [-0.2, -0.15) is 4.31 Å². The fourth-order valence-corrected chi connectivity index (χ4v) is 4.92. The third-order valence-electron chi connectivity index (χ3n) is 4.51. The van der Waals surface area contributed by atoms with Gasteiger partial charge in [0, 0.05) is 32.2 Å². The molecule has 23 heavy (non-hydrogen) atoms. The third kappa shape index (κ3) is 3.69. The van der Waals surface area contributed by atoms with Crippen molar-refractivity contribution in [3.8, 4) is 0 Å². The number of nitrogens with zero attached hydrogens (tertiary/aromatic N) is 2. The molecule has 2 heterocycles. The second-order valence-electron chi connectivity index (χ2n) is 5.86. The molecule has 2 aliphatic rings. The van der Waals surface area contributed by atoms with E-state index in [1.807, 2.05) is 0 Å². The molecular formula is C15H20ClFN2O3S. The lowest BCUT2D eigenvalue weighted by Crippen LogP contribution is -2.50. The molecule has 0 atom stereocenters. The van der Waals surface area contributed by atoms with E-state index in [-0.39, 0.29) is 9.92 Å². The Morgan fingerprint density at radius 2 is 1.78 bits per heavy atom. The summed E-state index contributed by atoms with van der Waals surface area (Å²) in [5.41, 5.74) is 0. The normalized spacial score (nSPS) is 22.3.